The first-order valence-electron chi connectivity index (χ1n) is 6.03. The molecule has 1 fully saturated rings. The molecule has 0 aliphatic carbocycles. The van der Waals surface area contributed by atoms with E-state index in [4.69, 9.17) is 4.74 Å². The van der Waals surface area contributed by atoms with Crippen molar-refractivity contribution in [1.82, 2.24) is 9.97 Å². The Morgan fingerprint density at radius 2 is 2.28 bits per heavy atom. The number of ether oxygens (including phenoxy) is 1. The molecule has 0 spiro atoms. The van der Waals surface area contributed by atoms with Crippen LogP contribution in [0.2, 0.25) is 0 Å². The molecule has 1 aromatic heterocycles. The fourth-order valence-corrected chi connectivity index (χ4v) is 2.16. The van der Waals surface area contributed by atoms with Gasteiger partial charge in [0.15, 0.2) is 0 Å². The number of nitrogens with zero attached hydrogens (tertiary/aromatic N) is 4. The molecule has 0 N–H and O–H groups in total. The Balaban J connectivity index is 2.07. The molecule has 1 aliphatic rings. The van der Waals surface area contributed by atoms with Gasteiger partial charge < -0.3 is 9.64 Å². The van der Waals surface area contributed by atoms with Gasteiger partial charge in [0.05, 0.1) is 11.0 Å². The summed E-state index contributed by atoms with van der Waals surface area (Å²) in [6.07, 6.45) is 4.59. The average molecular weight is 252 g/mol. The Kier molecular flexibility index (Phi) is 4.03. The van der Waals surface area contributed by atoms with Crippen molar-refractivity contribution in [3.8, 4) is 0 Å². The molecule has 0 saturated carbocycles. The number of aromatic nitrogens is 2. The standard InChI is InChI=1S/C11H16N4O3/c1-2-18-9-3-5-14(6-4-9)11-10(15(16)17)7-12-8-13-11/h7-9H,2-6H2,1H3. The lowest BCUT2D eigenvalue weighted by Crippen LogP contribution is -2.37. The van der Waals surface area contributed by atoms with Crippen LogP contribution < -0.4 is 4.90 Å². The first kappa shape index (κ1) is 12.7. The quantitative estimate of drug-likeness (QED) is 0.595. The Bertz CT molecular complexity index is 419. The van der Waals surface area contributed by atoms with Gasteiger partial charge in [0, 0.05) is 19.7 Å². The fraction of sp³-hybridized carbons (Fsp3) is 0.636. The molecule has 0 aromatic carbocycles. The molecule has 1 aromatic rings. The summed E-state index contributed by atoms with van der Waals surface area (Å²) in [5.41, 5.74) is -0.0349. The Morgan fingerprint density at radius 3 is 2.89 bits per heavy atom. The highest BCUT2D eigenvalue weighted by atomic mass is 16.6. The molecule has 1 aliphatic heterocycles. The van der Waals surface area contributed by atoms with Crippen molar-refractivity contribution in [2.75, 3.05) is 24.6 Å². The zero-order valence-electron chi connectivity index (χ0n) is 10.3. The highest BCUT2D eigenvalue weighted by molar-refractivity contribution is 5.56. The summed E-state index contributed by atoms with van der Waals surface area (Å²) in [5.74, 6) is 0.407. The number of hydrogen-bond donors (Lipinski definition) is 0. The molecule has 2 rings (SSSR count). The fourth-order valence-electron chi connectivity index (χ4n) is 2.16. The van der Waals surface area contributed by atoms with Gasteiger partial charge in [-0.15, -0.1) is 0 Å². The van der Waals surface area contributed by atoms with Gasteiger partial charge in [0.1, 0.15) is 12.5 Å². The minimum absolute atomic E-state index is 0.0349. The van der Waals surface area contributed by atoms with Crippen LogP contribution in [-0.2, 0) is 4.74 Å². The lowest BCUT2D eigenvalue weighted by Gasteiger charge is -2.31. The predicted octanol–water partition coefficient (Wildman–Crippen LogP) is 1.39. The van der Waals surface area contributed by atoms with E-state index in [0.717, 1.165) is 25.9 Å². The topological polar surface area (TPSA) is 81.4 Å². The first-order valence-corrected chi connectivity index (χ1v) is 6.03. The Hall–Kier alpha value is -1.76. The van der Waals surface area contributed by atoms with E-state index in [2.05, 4.69) is 9.97 Å². The normalized spacial score (nSPS) is 16.8. The van der Waals surface area contributed by atoms with Gasteiger partial charge in [-0.2, -0.15) is 0 Å². The maximum atomic E-state index is 10.9. The highest BCUT2D eigenvalue weighted by Crippen LogP contribution is 2.27. The molecule has 7 heteroatoms. The van der Waals surface area contributed by atoms with Gasteiger partial charge in [0.2, 0.25) is 5.82 Å². The van der Waals surface area contributed by atoms with E-state index in [9.17, 15) is 10.1 Å². The molecule has 0 bridgehead atoms. The third kappa shape index (κ3) is 2.73. The molecule has 1 saturated heterocycles. The van der Waals surface area contributed by atoms with Crippen LogP contribution in [0.15, 0.2) is 12.5 Å². The summed E-state index contributed by atoms with van der Waals surface area (Å²) in [7, 11) is 0. The molecule has 0 amide bonds. The van der Waals surface area contributed by atoms with Crippen LogP contribution in [0.5, 0.6) is 0 Å². The van der Waals surface area contributed by atoms with Crippen LogP contribution in [-0.4, -0.2) is 40.7 Å². The monoisotopic (exact) mass is 252 g/mol. The average Bonchev–Trinajstić information content (AvgIpc) is 2.40. The van der Waals surface area contributed by atoms with Crippen molar-refractivity contribution >= 4 is 11.5 Å². The van der Waals surface area contributed by atoms with E-state index < -0.39 is 4.92 Å². The van der Waals surface area contributed by atoms with E-state index in [0.29, 0.717) is 12.4 Å². The summed E-state index contributed by atoms with van der Waals surface area (Å²) >= 11 is 0. The smallest absolute Gasteiger partial charge is 0.329 e. The van der Waals surface area contributed by atoms with Gasteiger partial charge in [-0.1, -0.05) is 0 Å². The van der Waals surface area contributed by atoms with Gasteiger partial charge in [-0.3, -0.25) is 10.1 Å². The van der Waals surface area contributed by atoms with Gasteiger partial charge >= 0.3 is 5.69 Å². The summed E-state index contributed by atoms with van der Waals surface area (Å²) in [5, 5.41) is 10.9. The lowest BCUT2D eigenvalue weighted by atomic mass is 10.1. The molecular formula is C11H16N4O3. The van der Waals surface area contributed by atoms with Crippen molar-refractivity contribution in [1.29, 1.82) is 0 Å². The van der Waals surface area contributed by atoms with E-state index in [1.165, 1.54) is 12.5 Å². The molecule has 0 atom stereocenters. The first-order chi connectivity index (χ1) is 8.72. The molecule has 2 heterocycles. The number of rotatable bonds is 4. The van der Waals surface area contributed by atoms with Crippen LogP contribution >= 0.6 is 0 Å². The van der Waals surface area contributed by atoms with Crippen LogP contribution in [0.4, 0.5) is 11.5 Å². The minimum atomic E-state index is -0.441. The molecule has 18 heavy (non-hydrogen) atoms. The summed E-state index contributed by atoms with van der Waals surface area (Å²) in [6.45, 7) is 4.13. The van der Waals surface area contributed by atoms with Crippen molar-refractivity contribution < 1.29 is 9.66 Å². The molecular weight excluding hydrogens is 236 g/mol. The Labute approximate surface area is 105 Å². The second-order valence-corrected chi connectivity index (χ2v) is 4.13. The van der Waals surface area contributed by atoms with Gasteiger partial charge in [-0.25, -0.2) is 9.97 Å². The maximum Gasteiger partial charge on any atom is 0.329 e. The van der Waals surface area contributed by atoms with E-state index in [1.54, 1.807) is 0 Å². The second kappa shape index (κ2) is 5.72. The minimum Gasteiger partial charge on any atom is -0.378 e. The molecule has 98 valence electrons. The SMILES string of the molecule is CCOC1CCN(c2ncncc2[N+](=O)[O-])CC1. The van der Waals surface area contributed by atoms with Crippen molar-refractivity contribution in [3.63, 3.8) is 0 Å². The van der Waals surface area contributed by atoms with Crippen molar-refractivity contribution in [3.05, 3.63) is 22.6 Å². The van der Waals surface area contributed by atoms with Gasteiger partial charge in [0.25, 0.3) is 0 Å². The van der Waals surface area contributed by atoms with Crippen LogP contribution in [0.1, 0.15) is 19.8 Å². The third-order valence-electron chi connectivity index (χ3n) is 3.01. The maximum absolute atomic E-state index is 10.9. The Morgan fingerprint density at radius 1 is 1.56 bits per heavy atom. The molecule has 0 unspecified atom stereocenters. The highest BCUT2D eigenvalue weighted by Gasteiger charge is 2.26. The van der Waals surface area contributed by atoms with E-state index in [1.807, 2.05) is 11.8 Å². The summed E-state index contributed by atoms with van der Waals surface area (Å²) < 4.78 is 5.55. The summed E-state index contributed by atoms with van der Waals surface area (Å²) in [6, 6.07) is 0. The van der Waals surface area contributed by atoms with Crippen LogP contribution in [0.25, 0.3) is 0 Å². The van der Waals surface area contributed by atoms with Crippen LogP contribution in [0.3, 0.4) is 0 Å². The number of hydrogen-bond acceptors (Lipinski definition) is 6. The third-order valence-corrected chi connectivity index (χ3v) is 3.01. The lowest BCUT2D eigenvalue weighted by molar-refractivity contribution is -0.384. The predicted molar refractivity (Wildman–Crippen MR) is 65.5 cm³/mol. The largest absolute Gasteiger partial charge is 0.378 e. The molecule has 0 radical (unpaired) electrons. The summed E-state index contributed by atoms with van der Waals surface area (Å²) in [4.78, 5) is 20.1. The van der Waals surface area contributed by atoms with E-state index in [-0.39, 0.29) is 11.8 Å². The zero-order valence-corrected chi connectivity index (χ0v) is 10.3. The number of piperidine rings is 1. The second-order valence-electron chi connectivity index (χ2n) is 4.13. The van der Waals surface area contributed by atoms with Gasteiger partial charge in [-0.05, 0) is 19.8 Å². The van der Waals surface area contributed by atoms with Crippen LogP contribution in [0, 0.1) is 10.1 Å². The van der Waals surface area contributed by atoms with E-state index >= 15 is 0 Å². The van der Waals surface area contributed by atoms with Crippen molar-refractivity contribution in [2.45, 2.75) is 25.9 Å². The number of anilines is 1. The van der Waals surface area contributed by atoms with Crippen molar-refractivity contribution in [2.24, 2.45) is 0 Å². The zero-order chi connectivity index (χ0) is 13.0. The molecule has 7 nitrogen and oxygen atoms in total. The number of nitro groups is 1.